The highest BCUT2D eigenvalue weighted by atomic mass is 32.1. The van der Waals surface area contributed by atoms with Gasteiger partial charge in [-0.1, -0.05) is 12.1 Å². The van der Waals surface area contributed by atoms with Crippen LogP contribution in [0.4, 0.5) is 0 Å². The molecule has 0 aliphatic heterocycles. The SMILES string of the molecule is Cc1csc2cc(CCO)ccc12. The fourth-order valence-corrected chi connectivity index (χ4v) is 2.50. The lowest BCUT2D eigenvalue weighted by Crippen LogP contribution is -1.88. The average Bonchev–Trinajstić information content (AvgIpc) is 2.48. The molecule has 0 bridgehead atoms. The molecule has 0 amide bonds. The van der Waals surface area contributed by atoms with Crippen molar-refractivity contribution in [2.45, 2.75) is 13.3 Å². The van der Waals surface area contributed by atoms with Crippen LogP contribution in [0.5, 0.6) is 0 Å². The lowest BCUT2D eigenvalue weighted by Gasteiger charge is -1.98. The Kier molecular flexibility index (Phi) is 2.34. The Morgan fingerprint density at radius 3 is 3.00 bits per heavy atom. The summed E-state index contributed by atoms with van der Waals surface area (Å²) in [5.41, 5.74) is 2.56. The maximum Gasteiger partial charge on any atom is 0.0471 e. The summed E-state index contributed by atoms with van der Waals surface area (Å²) in [6, 6.07) is 6.41. The maximum absolute atomic E-state index is 8.80. The molecule has 1 nitrogen and oxygen atoms in total. The summed E-state index contributed by atoms with van der Waals surface area (Å²) in [6.45, 7) is 2.36. The van der Waals surface area contributed by atoms with Crippen molar-refractivity contribution in [1.29, 1.82) is 0 Å². The molecule has 1 N–H and O–H groups in total. The van der Waals surface area contributed by atoms with Gasteiger partial charge in [-0.3, -0.25) is 0 Å². The molecule has 2 heteroatoms. The van der Waals surface area contributed by atoms with Crippen molar-refractivity contribution >= 4 is 21.4 Å². The van der Waals surface area contributed by atoms with E-state index in [4.69, 9.17) is 5.11 Å². The monoisotopic (exact) mass is 192 g/mol. The molecule has 1 aromatic carbocycles. The van der Waals surface area contributed by atoms with Gasteiger partial charge in [0.25, 0.3) is 0 Å². The van der Waals surface area contributed by atoms with Gasteiger partial charge >= 0.3 is 0 Å². The highest BCUT2D eigenvalue weighted by Gasteiger charge is 2.00. The van der Waals surface area contributed by atoms with E-state index in [2.05, 4.69) is 30.5 Å². The minimum Gasteiger partial charge on any atom is -0.396 e. The number of fused-ring (bicyclic) bond motifs is 1. The van der Waals surface area contributed by atoms with Crippen LogP contribution in [0.3, 0.4) is 0 Å². The Bertz CT molecular complexity index is 417. The van der Waals surface area contributed by atoms with E-state index in [1.165, 1.54) is 21.2 Å². The molecule has 0 atom stereocenters. The molecule has 0 saturated heterocycles. The minimum atomic E-state index is 0.232. The molecule has 2 aromatic rings. The van der Waals surface area contributed by atoms with Crippen molar-refractivity contribution in [2.75, 3.05) is 6.61 Å². The number of hydrogen-bond acceptors (Lipinski definition) is 2. The molecule has 0 radical (unpaired) electrons. The van der Waals surface area contributed by atoms with Crippen molar-refractivity contribution < 1.29 is 5.11 Å². The number of aliphatic hydroxyl groups is 1. The first-order valence-electron chi connectivity index (χ1n) is 4.39. The van der Waals surface area contributed by atoms with Gasteiger partial charge in [-0.05, 0) is 41.3 Å². The van der Waals surface area contributed by atoms with E-state index in [1.54, 1.807) is 11.3 Å². The number of aryl methyl sites for hydroxylation is 1. The van der Waals surface area contributed by atoms with Crippen molar-refractivity contribution in [3.8, 4) is 0 Å². The van der Waals surface area contributed by atoms with E-state index in [0.717, 1.165) is 6.42 Å². The van der Waals surface area contributed by atoms with Gasteiger partial charge in [-0.25, -0.2) is 0 Å². The Balaban J connectivity index is 2.50. The molecule has 2 rings (SSSR count). The van der Waals surface area contributed by atoms with Gasteiger partial charge in [-0.15, -0.1) is 11.3 Å². The molecule has 0 unspecified atom stereocenters. The van der Waals surface area contributed by atoms with Crippen LogP contribution in [0.25, 0.3) is 10.1 Å². The van der Waals surface area contributed by atoms with Crippen molar-refractivity contribution in [3.05, 3.63) is 34.7 Å². The molecule has 68 valence electrons. The summed E-state index contributed by atoms with van der Waals surface area (Å²) in [5.74, 6) is 0. The fraction of sp³-hybridized carbons (Fsp3) is 0.273. The number of hydrogen-bond donors (Lipinski definition) is 1. The van der Waals surface area contributed by atoms with Gasteiger partial charge in [0.1, 0.15) is 0 Å². The average molecular weight is 192 g/mol. The molecule has 0 aliphatic rings. The number of rotatable bonds is 2. The Morgan fingerprint density at radius 2 is 2.23 bits per heavy atom. The summed E-state index contributed by atoms with van der Waals surface area (Å²) in [6.07, 6.45) is 0.757. The van der Waals surface area contributed by atoms with Gasteiger partial charge < -0.3 is 5.11 Å². The predicted octanol–water partition coefficient (Wildman–Crippen LogP) is 2.74. The van der Waals surface area contributed by atoms with E-state index in [0.29, 0.717) is 0 Å². The first-order chi connectivity index (χ1) is 6.31. The van der Waals surface area contributed by atoms with Crippen molar-refractivity contribution in [2.24, 2.45) is 0 Å². The highest BCUT2D eigenvalue weighted by Crippen LogP contribution is 2.26. The number of aliphatic hydroxyl groups excluding tert-OH is 1. The maximum atomic E-state index is 8.80. The van der Waals surface area contributed by atoms with E-state index < -0.39 is 0 Å². The van der Waals surface area contributed by atoms with E-state index in [1.807, 2.05) is 0 Å². The Labute approximate surface area is 81.6 Å². The quantitative estimate of drug-likeness (QED) is 0.775. The topological polar surface area (TPSA) is 20.2 Å². The van der Waals surface area contributed by atoms with E-state index >= 15 is 0 Å². The molecule has 0 fully saturated rings. The second kappa shape index (κ2) is 3.48. The zero-order valence-electron chi connectivity index (χ0n) is 7.58. The van der Waals surface area contributed by atoms with Crippen LogP contribution < -0.4 is 0 Å². The normalized spacial score (nSPS) is 10.9. The summed E-state index contributed by atoms with van der Waals surface area (Å²) in [7, 11) is 0. The van der Waals surface area contributed by atoms with Crippen molar-refractivity contribution in [3.63, 3.8) is 0 Å². The Morgan fingerprint density at radius 1 is 1.38 bits per heavy atom. The van der Waals surface area contributed by atoms with Crippen LogP contribution in [0.2, 0.25) is 0 Å². The standard InChI is InChI=1S/C11H12OS/c1-8-7-13-11-6-9(4-5-12)2-3-10(8)11/h2-3,6-7,12H,4-5H2,1H3. The van der Waals surface area contributed by atoms with E-state index in [9.17, 15) is 0 Å². The molecule has 1 heterocycles. The lowest BCUT2D eigenvalue weighted by atomic mass is 10.1. The van der Waals surface area contributed by atoms with Gasteiger partial charge in [0.2, 0.25) is 0 Å². The van der Waals surface area contributed by atoms with E-state index in [-0.39, 0.29) is 6.61 Å². The van der Waals surface area contributed by atoms with Gasteiger partial charge in [0.15, 0.2) is 0 Å². The highest BCUT2D eigenvalue weighted by molar-refractivity contribution is 7.17. The molecular weight excluding hydrogens is 180 g/mol. The van der Waals surface area contributed by atoms with Gasteiger partial charge in [-0.2, -0.15) is 0 Å². The molecule has 0 aliphatic carbocycles. The van der Waals surface area contributed by atoms with Gasteiger partial charge in [0.05, 0.1) is 0 Å². The molecule has 1 aromatic heterocycles. The summed E-state index contributed by atoms with van der Waals surface area (Å²) >= 11 is 1.77. The molecule has 0 spiro atoms. The van der Waals surface area contributed by atoms with Crippen LogP contribution in [0.1, 0.15) is 11.1 Å². The zero-order valence-corrected chi connectivity index (χ0v) is 8.40. The van der Waals surface area contributed by atoms with Crippen LogP contribution in [0.15, 0.2) is 23.6 Å². The number of benzene rings is 1. The smallest absolute Gasteiger partial charge is 0.0471 e. The number of thiophene rings is 1. The second-order valence-electron chi connectivity index (χ2n) is 3.22. The predicted molar refractivity (Wildman–Crippen MR) is 57.4 cm³/mol. The molecular formula is C11H12OS. The van der Waals surface area contributed by atoms with Crippen molar-refractivity contribution in [1.82, 2.24) is 0 Å². The van der Waals surface area contributed by atoms with Crippen LogP contribution in [0, 0.1) is 6.92 Å². The first-order valence-corrected chi connectivity index (χ1v) is 5.27. The second-order valence-corrected chi connectivity index (χ2v) is 4.13. The summed E-state index contributed by atoms with van der Waals surface area (Å²) in [4.78, 5) is 0. The molecule has 13 heavy (non-hydrogen) atoms. The zero-order chi connectivity index (χ0) is 9.26. The lowest BCUT2D eigenvalue weighted by molar-refractivity contribution is 0.299. The van der Waals surface area contributed by atoms with Crippen LogP contribution in [-0.2, 0) is 6.42 Å². The third kappa shape index (κ3) is 1.60. The Hall–Kier alpha value is -0.860. The van der Waals surface area contributed by atoms with Crippen LogP contribution in [-0.4, -0.2) is 11.7 Å². The summed E-state index contributed by atoms with van der Waals surface area (Å²) < 4.78 is 1.32. The minimum absolute atomic E-state index is 0.232. The third-order valence-corrected chi connectivity index (χ3v) is 3.30. The van der Waals surface area contributed by atoms with Gasteiger partial charge in [0, 0.05) is 11.3 Å². The largest absolute Gasteiger partial charge is 0.396 e. The third-order valence-electron chi connectivity index (χ3n) is 2.23. The first kappa shape index (κ1) is 8.73. The van der Waals surface area contributed by atoms with Crippen LogP contribution >= 0.6 is 11.3 Å². The fourth-order valence-electron chi connectivity index (χ4n) is 1.49. The molecule has 0 saturated carbocycles. The summed E-state index contributed by atoms with van der Waals surface area (Å²) in [5, 5.41) is 12.3.